The summed E-state index contributed by atoms with van der Waals surface area (Å²) in [7, 11) is 0. The number of hydrogen-bond acceptors (Lipinski definition) is 2. The van der Waals surface area contributed by atoms with Crippen LogP contribution in [0.25, 0.3) is 0 Å². The Hall–Kier alpha value is -0.500. The van der Waals surface area contributed by atoms with Gasteiger partial charge in [0.1, 0.15) is 11.8 Å². The summed E-state index contributed by atoms with van der Waals surface area (Å²) in [5, 5.41) is 0.597. The minimum atomic E-state index is 0.597. The van der Waals surface area contributed by atoms with Gasteiger partial charge in [-0.3, -0.25) is 4.99 Å². The van der Waals surface area contributed by atoms with Gasteiger partial charge in [0, 0.05) is 12.7 Å². The molecule has 0 aromatic heterocycles. The van der Waals surface area contributed by atoms with Crippen molar-refractivity contribution < 1.29 is 0 Å². The Morgan fingerprint density at radius 2 is 2.67 bits per heavy atom. The maximum Gasteiger partial charge on any atom is 0.127 e. The molecule has 0 atom stereocenters. The van der Waals surface area contributed by atoms with Gasteiger partial charge in [-0.2, -0.15) is 0 Å². The van der Waals surface area contributed by atoms with E-state index in [9.17, 15) is 0 Å². The van der Waals surface area contributed by atoms with E-state index in [2.05, 4.69) is 16.8 Å². The lowest BCUT2D eigenvalue weighted by atomic mass is 10.5. The van der Waals surface area contributed by atoms with Gasteiger partial charge in [-0.1, -0.05) is 11.6 Å². The normalized spacial score (nSPS) is 18.0. The second-order valence-electron chi connectivity index (χ2n) is 1.84. The van der Waals surface area contributed by atoms with E-state index in [1.165, 1.54) is 0 Å². The molecule has 3 heteroatoms. The molecule has 1 aliphatic rings. The Labute approximate surface area is 59.8 Å². The molecule has 0 aromatic rings. The topological polar surface area (TPSA) is 15.6 Å². The summed E-state index contributed by atoms with van der Waals surface area (Å²) in [5.74, 6) is 0. The molecule has 0 fully saturated rings. The van der Waals surface area contributed by atoms with E-state index >= 15 is 0 Å². The number of halogens is 1. The van der Waals surface area contributed by atoms with Gasteiger partial charge in [0.2, 0.25) is 0 Å². The van der Waals surface area contributed by atoms with Gasteiger partial charge in [0.15, 0.2) is 0 Å². The van der Waals surface area contributed by atoms with Crippen molar-refractivity contribution in [1.82, 2.24) is 4.90 Å². The van der Waals surface area contributed by atoms with Crippen LogP contribution < -0.4 is 0 Å². The number of nitrogens with zero attached hydrogens (tertiary/aromatic N) is 2. The lowest BCUT2D eigenvalue weighted by molar-refractivity contribution is 0.407. The van der Waals surface area contributed by atoms with Crippen LogP contribution in [0.1, 0.15) is 6.92 Å². The van der Waals surface area contributed by atoms with Gasteiger partial charge in [-0.15, -0.1) is 0 Å². The fourth-order valence-corrected chi connectivity index (χ4v) is 0.740. The van der Waals surface area contributed by atoms with Crippen molar-refractivity contribution in [3.05, 3.63) is 12.3 Å². The van der Waals surface area contributed by atoms with Gasteiger partial charge < -0.3 is 4.90 Å². The average Bonchev–Trinajstić information content (AvgIpc) is 1.90. The smallest absolute Gasteiger partial charge is 0.127 e. The summed E-state index contributed by atoms with van der Waals surface area (Å²) in [6, 6.07) is 0. The van der Waals surface area contributed by atoms with E-state index in [0.29, 0.717) is 11.8 Å². The molecule has 0 spiro atoms. The van der Waals surface area contributed by atoms with Gasteiger partial charge in [-0.05, 0) is 13.0 Å². The van der Waals surface area contributed by atoms with Crippen LogP contribution in [-0.2, 0) is 0 Å². The fraction of sp³-hybridized carbons (Fsp3) is 0.500. The second kappa shape index (κ2) is 2.87. The lowest BCUT2D eigenvalue weighted by Gasteiger charge is -2.17. The van der Waals surface area contributed by atoms with E-state index in [4.69, 9.17) is 11.6 Å². The van der Waals surface area contributed by atoms with Crippen LogP contribution in [-0.4, -0.2) is 23.3 Å². The highest BCUT2D eigenvalue weighted by molar-refractivity contribution is 6.68. The maximum absolute atomic E-state index is 5.58. The van der Waals surface area contributed by atoms with Crippen LogP contribution >= 0.6 is 11.6 Å². The van der Waals surface area contributed by atoms with Crippen molar-refractivity contribution in [1.29, 1.82) is 0 Å². The van der Waals surface area contributed by atoms with Crippen molar-refractivity contribution in [2.75, 3.05) is 13.2 Å². The third-order valence-corrected chi connectivity index (χ3v) is 1.48. The number of hydrogen-bond donors (Lipinski definition) is 0. The van der Waals surface area contributed by atoms with Crippen molar-refractivity contribution >= 4 is 16.8 Å². The third-order valence-electron chi connectivity index (χ3n) is 1.23. The number of allylic oxidation sites excluding steroid dienone is 1. The van der Waals surface area contributed by atoms with E-state index in [1.807, 2.05) is 6.20 Å². The zero-order valence-corrected chi connectivity index (χ0v) is 6.10. The highest BCUT2D eigenvalue weighted by atomic mass is 35.5. The first kappa shape index (κ1) is 6.62. The molecular formula is C6H9ClN2. The Balaban J connectivity index is 2.48. The van der Waals surface area contributed by atoms with Crippen molar-refractivity contribution in [3.8, 4) is 0 Å². The summed E-state index contributed by atoms with van der Waals surface area (Å²) in [5.41, 5.74) is 0. The van der Waals surface area contributed by atoms with Gasteiger partial charge in [-0.25, -0.2) is 0 Å². The molecule has 0 radical (unpaired) electrons. The fourth-order valence-electron chi connectivity index (χ4n) is 0.631. The summed E-state index contributed by atoms with van der Waals surface area (Å²) < 4.78 is 0. The molecule has 9 heavy (non-hydrogen) atoms. The Kier molecular flexibility index (Phi) is 2.11. The largest absolute Gasteiger partial charge is 0.359 e. The molecular weight excluding hydrogens is 136 g/mol. The van der Waals surface area contributed by atoms with Crippen LogP contribution in [0.3, 0.4) is 0 Å². The maximum atomic E-state index is 5.58. The van der Waals surface area contributed by atoms with Crippen LogP contribution in [0, 0.1) is 0 Å². The zero-order valence-electron chi connectivity index (χ0n) is 5.34. The molecule has 0 saturated carbocycles. The summed E-state index contributed by atoms with van der Waals surface area (Å²) in [6.07, 6.45) is 3.75. The van der Waals surface area contributed by atoms with Crippen LogP contribution in [0.2, 0.25) is 0 Å². The molecule has 0 aromatic carbocycles. The average molecular weight is 145 g/mol. The van der Waals surface area contributed by atoms with Crippen LogP contribution in [0.4, 0.5) is 0 Å². The Morgan fingerprint density at radius 3 is 3.11 bits per heavy atom. The minimum absolute atomic E-state index is 0.597. The third kappa shape index (κ3) is 1.72. The quantitative estimate of drug-likeness (QED) is 0.544. The predicted molar refractivity (Wildman–Crippen MR) is 39.7 cm³/mol. The number of aliphatic imine (C=N–C) groups is 1. The van der Waals surface area contributed by atoms with Crippen molar-refractivity contribution in [2.24, 2.45) is 4.99 Å². The molecule has 0 bridgehead atoms. The molecule has 0 amide bonds. The molecule has 1 heterocycles. The summed E-state index contributed by atoms with van der Waals surface area (Å²) in [4.78, 5) is 6.08. The Morgan fingerprint density at radius 1 is 1.89 bits per heavy atom. The number of rotatable bonds is 1. The van der Waals surface area contributed by atoms with E-state index in [-0.39, 0.29) is 0 Å². The minimum Gasteiger partial charge on any atom is -0.359 e. The molecule has 1 rings (SSSR count). The second-order valence-corrected chi connectivity index (χ2v) is 2.23. The molecule has 0 N–H and O–H groups in total. The van der Waals surface area contributed by atoms with Crippen LogP contribution in [0.5, 0.6) is 0 Å². The monoisotopic (exact) mass is 144 g/mol. The lowest BCUT2D eigenvalue weighted by Crippen LogP contribution is -2.19. The van der Waals surface area contributed by atoms with Crippen LogP contribution in [0.15, 0.2) is 17.3 Å². The van der Waals surface area contributed by atoms with Gasteiger partial charge >= 0.3 is 0 Å². The first-order valence-electron chi connectivity index (χ1n) is 2.95. The SMILES string of the molecule is CCN1C=CC(Cl)=NC1. The van der Waals surface area contributed by atoms with Gasteiger partial charge in [0.25, 0.3) is 0 Å². The highest BCUT2D eigenvalue weighted by Crippen LogP contribution is 2.00. The molecule has 2 nitrogen and oxygen atoms in total. The molecule has 50 valence electrons. The van der Waals surface area contributed by atoms with Crippen molar-refractivity contribution in [2.45, 2.75) is 6.92 Å². The van der Waals surface area contributed by atoms with Crippen molar-refractivity contribution in [3.63, 3.8) is 0 Å². The molecule has 0 saturated heterocycles. The van der Waals surface area contributed by atoms with E-state index < -0.39 is 0 Å². The van der Waals surface area contributed by atoms with E-state index in [1.54, 1.807) is 6.08 Å². The molecule has 1 aliphatic heterocycles. The molecule has 0 unspecified atom stereocenters. The molecule has 0 aliphatic carbocycles. The predicted octanol–water partition coefficient (Wildman–Crippen LogP) is 1.43. The summed E-state index contributed by atoms with van der Waals surface area (Å²) >= 11 is 5.58. The highest BCUT2D eigenvalue weighted by Gasteiger charge is 1.98. The zero-order chi connectivity index (χ0) is 6.69. The first-order valence-corrected chi connectivity index (χ1v) is 3.33. The summed E-state index contributed by atoms with van der Waals surface area (Å²) in [6.45, 7) is 3.77. The van der Waals surface area contributed by atoms with Gasteiger partial charge in [0.05, 0.1) is 0 Å². The standard InChI is InChI=1S/C6H9ClN2/c1-2-9-4-3-6(7)8-5-9/h3-4H,2,5H2,1H3. The van der Waals surface area contributed by atoms with E-state index in [0.717, 1.165) is 6.54 Å². The Bertz CT molecular complexity index is 151. The first-order chi connectivity index (χ1) is 4.33.